The van der Waals surface area contributed by atoms with E-state index in [4.69, 9.17) is 0 Å². The highest BCUT2D eigenvalue weighted by Crippen LogP contribution is 2.32. The van der Waals surface area contributed by atoms with Crippen LogP contribution in [0.15, 0.2) is 0 Å². The predicted octanol–water partition coefficient (Wildman–Crippen LogP) is 2.97. The van der Waals surface area contributed by atoms with Crippen molar-refractivity contribution in [2.75, 3.05) is 0 Å². The quantitative estimate of drug-likeness (QED) is 0.690. The lowest BCUT2D eigenvalue weighted by Gasteiger charge is -2.30. The first-order valence-electron chi connectivity index (χ1n) is 5.46. The van der Waals surface area contributed by atoms with Gasteiger partial charge in [-0.25, -0.2) is 0 Å². The Hall–Kier alpha value is -0.0400. The predicted molar refractivity (Wildman–Crippen MR) is 52.0 cm³/mol. The van der Waals surface area contributed by atoms with Gasteiger partial charge in [0.15, 0.2) is 0 Å². The van der Waals surface area contributed by atoms with E-state index in [0.717, 1.165) is 12.3 Å². The summed E-state index contributed by atoms with van der Waals surface area (Å²) >= 11 is 0. The van der Waals surface area contributed by atoms with Crippen LogP contribution in [-0.2, 0) is 0 Å². The van der Waals surface area contributed by atoms with Crippen molar-refractivity contribution in [1.82, 2.24) is 0 Å². The zero-order valence-electron chi connectivity index (χ0n) is 8.42. The first-order chi connectivity index (χ1) is 5.77. The smallest absolute Gasteiger partial charge is 0.0565 e. The number of hydrogen-bond donors (Lipinski definition) is 1. The molecule has 0 aromatic carbocycles. The fourth-order valence-corrected chi connectivity index (χ4v) is 2.31. The van der Waals surface area contributed by atoms with E-state index < -0.39 is 0 Å². The summed E-state index contributed by atoms with van der Waals surface area (Å²) in [6.07, 6.45) is 7.44. The lowest BCUT2D eigenvalue weighted by Crippen LogP contribution is -2.24. The normalized spacial score (nSPS) is 33.2. The van der Waals surface area contributed by atoms with Gasteiger partial charge in [0.1, 0.15) is 0 Å². The summed E-state index contributed by atoms with van der Waals surface area (Å²) in [6.45, 7) is 4.36. The molecule has 1 fully saturated rings. The third-order valence-electron chi connectivity index (χ3n) is 3.43. The van der Waals surface area contributed by atoms with E-state index in [0.29, 0.717) is 5.92 Å². The van der Waals surface area contributed by atoms with E-state index in [9.17, 15) is 5.11 Å². The maximum Gasteiger partial charge on any atom is 0.0565 e. The summed E-state index contributed by atoms with van der Waals surface area (Å²) in [7, 11) is 0. The van der Waals surface area contributed by atoms with Crippen molar-refractivity contribution in [2.24, 2.45) is 11.8 Å². The summed E-state index contributed by atoms with van der Waals surface area (Å²) in [5, 5.41) is 9.64. The largest absolute Gasteiger partial charge is 0.393 e. The second-order valence-corrected chi connectivity index (χ2v) is 4.16. The molecule has 1 aliphatic rings. The minimum atomic E-state index is -0.0252. The van der Waals surface area contributed by atoms with Crippen molar-refractivity contribution in [2.45, 2.75) is 58.5 Å². The highest BCUT2D eigenvalue weighted by molar-refractivity contribution is 4.76. The summed E-state index contributed by atoms with van der Waals surface area (Å²) in [4.78, 5) is 0. The van der Waals surface area contributed by atoms with Gasteiger partial charge >= 0.3 is 0 Å². The van der Waals surface area contributed by atoms with Crippen LogP contribution >= 0.6 is 0 Å². The maximum absolute atomic E-state index is 9.64. The zero-order chi connectivity index (χ0) is 8.97. The minimum absolute atomic E-state index is 0.0252. The van der Waals surface area contributed by atoms with Crippen molar-refractivity contribution < 1.29 is 5.11 Å². The van der Waals surface area contributed by atoms with Crippen LogP contribution in [0.2, 0.25) is 0 Å². The Labute approximate surface area is 76.2 Å². The highest BCUT2D eigenvalue weighted by atomic mass is 16.3. The van der Waals surface area contributed by atoms with Gasteiger partial charge in [-0.3, -0.25) is 0 Å². The topological polar surface area (TPSA) is 20.2 Å². The fraction of sp³-hybridized carbons (Fsp3) is 1.00. The Morgan fingerprint density at radius 1 is 1.17 bits per heavy atom. The molecule has 1 heteroatoms. The van der Waals surface area contributed by atoms with Crippen molar-refractivity contribution in [3.63, 3.8) is 0 Å². The Kier molecular flexibility index (Phi) is 4.07. The van der Waals surface area contributed by atoms with E-state index >= 15 is 0 Å². The van der Waals surface area contributed by atoms with Crippen LogP contribution in [0.25, 0.3) is 0 Å². The fourth-order valence-electron chi connectivity index (χ4n) is 2.31. The molecule has 1 rings (SSSR count). The van der Waals surface area contributed by atoms with E-state index in [2.05, 4.69) is 13.8 Å². The van der Waals surface area contributed by atoms with Gasteiger partial charge in [0.2, 0.25) is 0 Å². The highest BCUT2D eigenvalue weighted by Gasteiger charge is 2.24. The van der Waals surface area contributed by atoms with Gasteiger partial charge in [-0.15, -0.1) is 0 Å². The Balaban J connectivity index is 2.25. The molecule has 0 aromatic heterocycles. The molecule has 1 N–H and O–H groups in total. The molecule has 1 nitrogen and oxygen atoms in total. The third kappa shape index (κ3) is 2.48. The average molecular weight is 170 g/mol. The Bertz CT molecular complexity index is 114. The number of hydrogen-bond acceptors (Lipinski definition) is 1. The van der Waals surface area contributed by atoms with Crippen LogP contribution in [0.3, 0.4) is 0 Å². The van der Waals surface area contributed by atoms with Gasteiger partial charge in [-0.2, -0.15) is 0 Å². The summed E-state index contributed by atoms with van der Waals surface area (Å²) < 4.78 is 0. The molecule has 0 aromatic rings. The van der Waals surface area contributed by atoms with Crippen LogP contribution in [0.1, 0.15) is 52.4 Å². The van der Waals surface area contributed by atoms with Gasteiger partial charge in [-0.1, -0.05) is 33.1 Å². The first-order valence-corrected chi connectivity index (χ1v) is 5.46. The maximum atomic E-state index is 9.64. The molecule has 72 valence electrons. The molecule has 0 bridgehead atoms. The molecule has 0 aliphatic heterocycles. The lowest BCUT2D eigenvalue weighted by molar-refractivity contribution is 0.0703. The monoisotopic (exact) mass is 170 g/mol. The minimum Gasteiger partial charge on any atom is -0.393 e. The van der Waals surface area contributed by atoms with E-state index in [-0.39, 0.29) is 6.10 Å². The van der Waals surface area contributed by atoms with Crippen molar-refractivity contribution in [3.8, 4) is 0 Å². The molecule has 0 amide bonds. The molecular weight excluding hydrogens is 148 g/mol. The molecule has 0 unspecified atom stereocenters. The Morgan fingerprint density at radius 2 is 1.75 bits per heavy atom. The SMILES string of the molecule is CCC1CCC([C@@H](O)CC)CC1. The molecular formula is C11H22O. The molecule has 0 heterocycles. The van der Waals surface area contributed by atoms with Crippen LogP contribution in [0.5, 0.6) is 0 Å². The van der Waals surface area contributed by atoms with Gasteiger partial charge in [0.25, 0.3) is 0 Å². The van der Waals surface area contributed by atoms with E-state index in [1.165, 1.54) is 32.1 Å². The molecule has 0 spiro atoms. The van der Waals surface area contributed by atoms with Crippen LogP contribution in [0, 0.1) is 11.8 Å². The van der Waals surface area contributed by atoms with Gasteiger partial charge in [-0.05, 0) is 31.1 Å². The number of aliphatic hydroxyl groups is 1. The Morgan fingerprint density at radius 3 is 2.17 bits per heavy atom. The standard InChI is InChI=1S/C11H22O/c1-3-9-5-7-10(8-6-9)11(12)4-2/h9-12H,3-8H2,1-2H3/t9?,10?,11-/m0/s1. The van der Waals surface area contributed by atoms with Crippen molar-refractivity contribution >= 4 is 0 Å². The van der Waals surface area contributed by atoms with Gasteiger partial charge in [0, 0.05) is 0 Å². The van der Waals surface area contributed by atoms with Crippen molar-refractivity contribution in [1.29, 1.82) is 0 Å². The molecule has 1 aliphatic carbocycles. The van der Waals surface area contributed by atoms with E-state index in [1.807, 2.05) is 0 Å². The summed E-state index contributed by atoms with van der Waals surface area (Å²) in [5.74, 6) is 1.56. The zero-order valence-corrected chi connectivity index (χ0v) is 8.42. The average Bonchev–Trinajstić information content (AvgIpc) is 2.17. The molecule has 12 heavy (non-hydrogen) atoms. The molecule has 0 saturated heterocycles. The molecule has 1 atom stereocenters. The number of rotatable bonds is 3. The van der Waals surface area contributed by atoms with Gasteiger partial charge < -0.3 is 5.11 Å². The molecule has 1 saturated carbocycles. The summed E-state index contributed by atoms with van der Waals surface area (Å²) in [5.41, 5.74) is 0. The number of aliphatic hydroxyl groups excluding tert-OH is 1. The van der Waals surface area contributed by atoms with Crippen LogP contribution in [0.4, 0.5) is 0 Å². The van der Waals surface area contributed by atoms with Crippen LogP contribution in [-0.4, -0.2) is 11.2 Å². The second kappa shape index (κ2) is 4.86. The molecule has 0 radical (unpaired) electrons. The van der Waals surface area contributed by atoms with Crippen LogP contribution < -0.4 is 0 Å². The van der Waals surface area contributed by atoms with E-state index in [1.54, 1.807) is 0 Å². The lowest BCUT2D eigenvalue weighted by atomic mass is 9.78. The third-order valence-corrected chi connectivity index (χ3v) is 3.43. The second-order valence-electron chi connectivity index (χ2n) is 4.16. The summed E-state index contributed by atoms with van der Waals surface area (Å²) in [6, 6.07) is 0. The van der Waals surface area contributed by atoms with Crippen molar-refractivity contribution in [3.05, 3.63) is 0 Å². The van der Waals surface area contributed by atoms with Gasteiger partial charge in [0.05, 0.1) is 6.10 Å². The first kappa shape index (κ1) is 10.0.